The highest BCUT2D eigenvalue weighted by molar-refractivity contribution is 5.33. The average Bonchev–Trinajstić information content (AvgIpc) is 2.89. The molecule has 4 heteroatoms. The number of rotatable bonds is 9. The minimum atomic E-state index is -0.815. The summed E-state index contributed by atoms with van der Waals surface area (Å²) < 4.78 is 40.7. The summed E-state index contributed by atoms with van der Waals surface area (Å²) in [5, 5.41) is 0. The molecular formula is C30H44F2O2. The van der Waals surface area contributed by atoms with Crippen molar-refractivity contribution < 1.29 is 18.3 Å². The average molecular weight is 475 g/mol. The largest absolute Gasteiger partial charge is 0.490 e. The quantitative estimate of drug-likeness (QED) is 0.334. The van der Waals surface area contributed by atoms with Crippen LogP contribution in [0.2, 0.25) is 0 Å². The van der Waals surface area contributed by atoms with Gasteiger partial charge < -0.3 is 9.47 Å². The standard InChI is InChI=1S/C30H44F2O2/c1-3-5-6-26-16-15-25(20-34-26)23-9-7-21(8-10-23)22-11-13-24(14-12-22)27-17-18-28(33-19-4-2)30(32)29(27)31/h3,17-18,21-26H,1,4-16,19-20H2,2H3. The van der Waals surface area contributed by atoms with Crippen molar-refractivity contribution in [2.75, 3.05) is 13.2 Å². The molecule has 0 aromatic heterocycles. The first-order chi connectivity index (χ1) is 16.6. The fourth-order valence-electron chi connectivity index (χ4n) is 6.90. The Labute approximate surface area is 205 Å². The van der Waals surface area contributed by atoms with Crippen molar-refractivity contribution in [3.05, 3.63) is 42.0 Å². The van der Waals surface area contributed by atoms with E-state index < -0.39 is 11.6 Å². The third-order valence-electron chi connectivity index (χ3n) is 9.00. The first-order valence-electron chi connectivity index (χ1n) is 13.9. The van der Waals surface area contributed by atoms with Crippen LogP contribution in [0.5, 0.6) is 5.75 Å². The molecule has 1 aromatic rings. The molecule has 0 radical (unpaired) electrons. The lowest BCUT2D eigenvalue weighted by atomic mass is 9.66. The van der Waals surface area contributed by atoms with Crippen LogP contribution in [0.4, 0.5) is 8.78 Å². The van der Waals surface area contributed by atoms with Gasteiger partial charge in [0, 0.05) is 0 Å². The summed E-state index contributed by atoms with van der Waals surface area (Å²) in [5.74, 6) is 1.82. The maximum atomic E-state index is 14.8. The molecule has 2 unspecified atom stereocenters. The third kappa shape index (κ3) is 6.22. The van der Waals surface area contributed by atoms with E-state index in [0.29, 0.717) is 18.3 Å². The van der Waals surface area contributed by atoms with Gasteiger partial charge >= 0.3 is 0 Å². The van der Waals surface area contributed by atoms with Gasteiger partial charge in [-0.1, -0.05) is 19.1 Å². The van der Waals surface area contributed by atoms with Crippen molar-refractivity contribution in [1.29, 1.82) is 0 Å². The van der Waals surface area contributed by atoms with E-state index in [0.717, 1.165) is 75.2 Å². The van der Waals surface area contributed by atoms with Crippen LogP contribution in [0.15, 0.2) is 24.8 Å². The Balaban J connectivity index is 1.21. The summed E-state index contributed by atoms with van der Waals surface area (Å²) in [6.07, 6.45) is 17.5. The smallest absolute Gasteiger partial charge is 0.200 e. The predicted octanol–water partition coefficient (Wildman–Crippen LogP) is 8.60. The Morgan fingerprint density at radius 2 is 1.50 bits per heavy atom. The van der Waals surface area contributed by atoms with Gasteiger partial charge in [-0.15, -0.1) is 6.58 Å². The van der Waals surface area contributed by atoms with Crippen LogP contribution in [0, 0.1) is 35.3 Å². The van der Waals surface area contributed by atoms with Crippen LogP contribution >= 0.6 is 0 Å². The van der Waals surface area contributed by atoms with Gasteiger partial charge in [0.1, 0.15) is 0 Å². The molecule has 3 fully saturated rings. The molecule has 0 N–H and O–H groups in total. The zero-order valence-corrected chi connectivity index (χ0v) is 21.1. The van der Waals surface area contributed by atoms with Crippen LogP contribution < -0.4 is 4.74 Å². The van der Waals surface area contributed by atoms with Crippen molar-refractivity contribution in [1.82, 2.24) is 0 Å². The normalized spacial score (nSPS) is 32.3. The number of halogens is 2. The second kappa shape index (κ2) is 12.5. The summed E-state index contributed by atoms with van der Waals surface area (Å²) in [7, 11) is 0. The number of allylic oxidation sites excluding steroid dienone is 1. The Kier molecular flexibility index (Phi) is 9.45. The van der Waals surface area contributed by atoms with Crippen LogP contribution in [0.25, 0.3) is 0 Å². The van der Waals surface area contributed by atoms with E-state index in [1.165, 1.54) is 38.5 Å². The number of ether oxygens (including phenoxy) is 2. The fourth-order valence-corrected chi connectivity index (χ4v) is 6.90. The van der Waals surface area contributed by atoms with E-state index in [4.69, 9.17) is 9.47 Å². The van der Waals surface area contributed by atoms with Gasteiger partial charge in [0.05, 0.1) is 19.3 Å². The molecular weight excluding hydrogens is 430 g/mol. The van der Waals surface area contributed by atoms with Gasteiger partial charge in [-0.05, 0) is 125 Å². The Bertz CT molecular complexity index is 770. The first-order valence-corrected chi connectivity index (χ1v) is 13.9. The Morgan fingerprint density at radius 1 is 0.882 bits per heavy atom. The van der Waals surface area contributed by atoms with Crippen LogP contribution in [0.1, 0.15) is 102 Å². The van der Waals surface area contributed by atoms with E-state index >= 15 is 0 Å². The molecule has 2 saturated carbocycles. The van der Waals surface area contributed by atoms with Crippen molar-refractivity contribution in [2.45, 2.75) is 102 Å². The maximum absolute atomic E-state index is 14.8. The van der Waals surface area contributed by atoms with E-state index in [2.05, 4.69) is 6.58 Å². The molecule has 2 aliphatic carbocycles. The van der Waals surface area contributed by atoms with E-state index in [-0.39, 0.29) is 11.7 Å². The molecule has 0 spiro atoms. The first kappa shape index (κ1) is 25.7. The van der Waals surface area contributed by atoms with Crippen LogP contribution in [-0.4, -0.2) is 19.3 Å². The molecule has 2 atom stereocenters. The summed E-state index contributed by atoms with van der Waals surface area (Å²) in [5.41, 5.74) is 0.548. The molecule has 34 heavy (non-hydrogen) atoms. The summed E-state index contributed by atoms with van der Waals surface area (Å²) in [4.78, 5) is 0. The van der Waals surface area contributed by atoms with Gasteiger partial charge in [-0.3, -0.25) is 0 Å². The molecule has 1 aliphatic heterocycles. The van der Waals surface area contributed by atoms with Gasteiger partial charge in [-0.2, -0.15) is 4.39 Å². The summed E-state index contributed by atoms with van der Waals surface area (Å²) in [6.45, 7) is 7.14. The lowest BCUT2D eigenvalue weighted by Gasteiger charge is -2.41. The zero-order chi connectivity index (χ0) is 23.9. The van der Waals surface area contributed by atoms with E-state index in [1.807, 2.05) is 13.0 Å². The molecule has 0 bridgehead atoms. The highest BCUT2D eigenvalue weighted by atomic mass is 19.2. The minimum Gasteiger partial charge on any atom is -0.490 e. The molecule has 0 amide bonds. The maximum Gasteiger partial charge on any atom is 0.200 e. The lowest BCUT2D eigenvalue weighted by Crippen LogP contribution is -2.33. The second-order valence-corrected chi connectivity index (χ2v) is 11.1. The topological polar surface area (TPSA) is 18.5 Å². The van der Waals surface area contributed by atoms with Gasteiger partial charge in [0.25, 0.3) is 0 Å². The zero-order valence-electron chi connectivity index (χ0n) is 21.1. The molecule has 1 heterocycles. The SMILES string of the molecule is C=CCCC1CCC(C2CCC(C3CCC(c4ccc(OCCC)c(F)c4F)CC3)CC2)CO1. The molecule has 3 aliphatic rings. The summed E-state index contributed by atoms with van der Waals surface area (Å²) in [6, 6.07) is 3.38. The Morgan fingerprint density at radius 3 is 2.09 bits per heavy atom. The van der Waals surface area contributed by atoms with Crippen LogP contribution in [0.3, 0.4) is 0 Å². The Hall–Kier alpha value is -1.42. The minimum absolute atomic E-state index is 0.0456. The van der Waals surface area contributed by atoms with Gasteiger partial charge in [0.2, 0.25) is 5.82 Å². The number of benzene rings is 1. The monoisotopic (exact) mass is 474 g/mol. The molecule has 1 saturated heterocycles. The summed E-state index contributed by atoms with van der Waals surface area (Å²) >= 11 is 0. The number of hydrogen-bond acceptors (Lipinski definition) is 2. The molecule has 1 aromatic carbocycles. The number of hydrogen-bond donors (Lipinski definition) is 0. The van der Waals surface area contributed by atoms with Crippen molar-refractivity contribution in [3.63, 3.8) is 0 Å². The van der Waals surface area contributed by atoms with Crippen molar-refractivity contribution in [2.24, 2.45) is 23.7 Å². The lowest BCUT2D eigenvalue weighted by molar-refractivity contribution is -0.0430. The van der Waals surface area contributed by atoms with Gasteiger partial charge in [-0.25, -0.2) is 4.39 Å². The van der Waals surface area contributed by atoms with E-state index in [1.54, 1.807) is 12.1 Å². The molecule has 190 valence electrons. The van der Waals surface area contributed by atoms with E-state index in [9.17, 15) is 8.78 Å². The van der Waals surface area contributed by atoms with Crippen molar-refractivity contribution >= 4 is 0 Å². The fraction of sp³-hybridized carbons (Fsp3) is 0.733. The highest BCUT2D eigenvalue weighted by Gasteiger charge is 2.35. The predicted molar refractivity (Wildman–Crippen MR) is 134 cm³/mol. The molecule has 2 nitrogen and oxygen atoms in total. The van der Waals surface area contributed by atoms with Gasteiger partial charge in [0.15, 0.2) is 11.6 Å². The third-order valence-corrected chi connectivity index (χ3v) is 9.00. The van der Waals surface area contributed by atoms with Crippen molar-refractivity contribution in [3.8, 4) is 5.75 Å². The van der Waals surface area contributed by atoms with Crippen LogP contribution in [-0.2, 0) is 4.74 Å². The second-order valence-electron chi connectivity index (χ2n) is 11.1. The molecule has 4 rings (SSSR count). The highest BCUT2D eigenvalue weighted by Crippen LogP contribution is 2.46.